The number of benzene rings is 2. The molecule has 150 valence electrons. The third kappa shape index (κ3) is 5.08. The summed E-state index contributed by atoms with van der Waals surface area (Å²) in [5, 5.41) is 11.4. The van der Waals surface area contributed by atoms with Gasteiger partial charge >= 0.3 is 0 Å². The minimum atomic E-state index is -0.373. The van der Waals surface area contributed by atoms with Gasteiger partial charge < -0.3 is 9.88 Å². The van der Waals surface area contributed by atoms with E-state index in [4.69, 9.17) is 0 Å². The second kappa shape index (κ2) is 9.47. The fourth-order valence-electron chi connectivity index (χ4n) is 2.72. The number of aromatic nitrogens is 3. The first-order valence-corrected chi connectivity index (χ1v) is 10.2. The molecule has 0 unspecified atom stereocenters. The zero-order valence-electron chi connectivity index (χ0n) is 16.2. The summed E-state index contributed by atoms with van der Waals surface area (Å²) in [5.74, 6) is 0.0871. The summed E-state index contributed by atoms with van der Waals surface area (Å²) in [6, 6.07) is 13.2. The van der Waals surface area contributed by atoms with Crippen molar-refractivity contribution in [2.45, 2.75) is 24.9 Å². The molecule has 0 fully saturated rings. The standard InChI is InChI=1S/C21H21FN4O2S/c1-3-6-19(28)23-15-11-9-14(10-12-15)18(27)13-29-21-25-24-20(26(21)2)16-7-4-5-8-17(16)22/h4-5,7-12H,3,6,13H2,1-2H3,(H,23,28). The molecule has 0 aliphatic heterocycles. The van der Waals surface area contributed by atoms with Crippen molar-refractivity contribution in [1.82, 2.24) is 14.8 Å². The van der Waals surface area contributed by atoms with Crippen LogP contribution in [0, 0.1) is 5.82 Å². The number of Topliss-reactive ketones (excluding diaryl/α,β-unsaturated/α-hetero) is 1. The van der Waals surface area contributed by atoms with Crippen LogP contribution in [-0.4, -0.2) is 32.2 Å². The van der Waals surface area contributed by atoms with Gasteiger partial charge in [-0.3, -0.25) is 9.59 Å². The summed E-state index contributed by atoms with van der Waals surface area (Å²) in [6.07, 6.45) is 1.24. The molecule has 1 N–H and O–H groups in total. The minimum Gasteiger partial charge on any atom is -0.326 e. The zero-order valence-corrected chi connectivity index (χ0v) is 17.0. The van der Waals surface area contributed by atoms with Crippen LogP contribution in [0.3, 0.4) is 0 Å². The van der Waals surface area contributed by atoms with Gasteiger partial charge in [0.15, 0.2) is 16.8 Å². The van der Waals surface area contributed by atoms with Crippen molar-refractivity contribution in [3.05, 3.63) is 59.9 Å². The molecule has 0 aliphatic rings. The van der Waals surface area contributed by atoms with Crippen LogP contribution in [0.25, 0.3) is 11.4 Å². The van der Waals surface area contributed by atoms with Gasteiger partial charge in [-0.1, -0.05) is 30.8 Å². The quantitative estimate of drug-likeness (QED) is 0.440. The molecule has 0 saturated carbocycles. The molecule has 29 heavy (non-hydrogen) atoms. The number of rotatable bonds is 8. The molecule has 0 atom stereocenters. The van der Waals surface area contributed by atoms with Crippen molar-refractivity contribution >= 4 is 29.1 Å². The molecule has 0 radical (unpaired) electrons. The number of carbonyl (C=O) groups excluding carboxylic acids is 2. The Morgan fingerprint density at radius 2 is 1.83 bits per heavy atom. The smallest absolute Gasteiger partial charge is 0.224 e. The summed E-state index contributed by atoms with van der Waals surface area (Å²) in [5.41, 5.74) is 1.57. The highest BCUT2D eigenvalue weighted by Gasteiger charge is 2.16. The number of amides is 1. The van der Waals surface area contributed by atoms with Gasteiger partial charge in [0, 0.05) is 24.7 Å². The van der Waals surface area contributed by atoms with Crippen LogP contribution < -0.4 is 5.32 Å². The maximum atomic E-state index is 14.0. The number of hydrogen-bond donors (Lipinski definition) is 1. The number of nitrogens with zero attached hydrogens (tertiary/aromatic N) is 3. The second-order valence-corrected chi connectivity index (χ2v) is 7.37. The Balaban J connectivity index is 1.63. The average Bonchev–Trinajstić information content (AvgIpc) is 3.07. The maximum Gasteiger partial charge on any atom is 0.224 e. The molecule has 6 nitrogen and oxygen atoms in total. The third-order valence-corrected chi connectivity index (χ3v) is 5.27. The van der Waals surface area contributed by atoms with E-state index in [9.17, 15) is 14.0 Å². The molecule has 0 bridgehead atoms. The van der Waals surface area contributed by atoms with Crippen LogP contribution >= 0.6 is 11.8 Å². The Bertz CT molecular complexity index is 1020. The summed E-state index contributed by atoms with van der Waals surface area (Å²) in [6.45, 7) is 1.94. The summed E-state index contributed by atoms with van der Waals surface area (Å²) in [7, 11) is 1.74. The van der Waals surface area contributed by atoms with Crippen molar-refractivity contribution in [3.63, 3.8) is 0 Å². The van der Waals surface area contributed by atoms with E-state index in [2.05, 4.69) is 15.5 Å². The van der Waals surface area contributed by atoms with Gasteiger partial charge in [0.1, 0.15) is 5.82 Å². The van der Waals surface area contributed by atoms with Crippen molar-refractivity contribution in [1.29, 1.82) is 0 Å². The molecule has 3 rings (SSSR count). The predicted octanol–water partition coefficient (Wildman–Crippen LogP) is 4.33. The third-order valence-electron chi connectivity index (χ3n) is 4.25. The highest BCUT2D eigenvalue weighted by molar-refractivity contribution is 7.99. The summed E-state index contributed by atoms with van der Waals surface area (Å²) < 4.78 is 15.7. The van der Waals surface area contributed by atoms with E-state index in [1.165, 1.54) is 17.8 Å². The summed E-state index contributed by atoms with van der Waals surface area (Å²) in [4.78, 5) is 24.1. The molecule has 3 aromatic rings. The average molecular weight is 412 g/mol. The lowest BCUT2D eigenvalue weighted by Crippen LogP contribution is -2.11. The lowest BCUT2D eigenvalue weighted by atomic mass is 10.1. The van der Waals surface area contributed by atoms with Crippen LogP contribution in [0.4, 0.5) is 10.1 Å². The van der Waals surface area contributed by atoms with Gasteiger partial charge in [0.2, 0.25) is 5.91 Å². The molecule has 0 spiro atoms. The van der Waals surface area contributed by atoms with Gasteiger partial charge in [-0.15, -0.1) is 10.2 Å². The number of nitrogens with one attached hydrogen (secondary N) is 1. The van der Waals surface area contributed by atoms with E-state index in [-0.39, 0.29) is 23.3 Å². The van der Waals surface area contributed by atoms with Crippen molar-refractivity contribution < 1.29 is 14.0 Å². The second-order valence-electron chi connectivity index (χ2n) is 6.43. The van der Waals surface area contributed by atoms with Crippen LogP contribution in [0.15, 0.2) is 53.7 Å². The van der Waals surface area contributed by atoms with Crippen LogP contribution in [0.1, 0.15) is 30.1 Å². The first-order chi connectivity index (χ1) is 14.0. The Morgan fingerprint density at radius 1 is 1.10 bits per heavy atom. The number of ketones is 1. The largest absolute Gasteiger partial charge is 0.326 e. The lowest BCUT2D eigenvalue weighted by Gasteiger charge is -2.06. The SMILES string of the molecule is CCCC(=O)Nc1ccc(C(=O)CSc2nnc(-c3ccccc3F)n2C)cc1. The first kappa shape index (κ1) is 20.7. The van der Waals surface area contributed by atoms with Crippen LogP contribution in [0.2, 0.25) is 0 Å². The fourth-order valence-corrected chi connectivity index (χ4v) is 3.53. The summed E-state index contributed by atoms with van der Waals surface area (Å²) >= 11 is 1.24. The molecular formula is C21H21FN4O2S. The highest BCUT2D eigenvalue weighted by atomic mass is 32.2. The molecular weight excluding hydrogens is 391 g/mol. The topological polar surface area (TPSA) is 76.9 Å². The number of carbonyl (C=O) groups is 2. The van der Waals surface area contributed by atoms with E-state index >= 15 is 0 Å². The van der Waals surface area contributed by atoms with E-state index in [1.807, 2.05) is 6.92 Å². The predicted molar refractivity (Wildman–Crippen MR) is 111 cm³/mol. The van der Waals surface area contributed by atoms with Crippen LogP contribution in [0.5, 0.6) is 0 Å². The van der Waals surface area contributed by atoms with Crippen molar-refractivity contribution in [2.24, 2.45) is 7.05 Å². The van der Waals surface area contributed by atoms with E-state index in [0.29, 0.717) is 34.2 Å². The zero-order chi connectivity index (χ0) is 20.8. The first-order valence-electron chi connectivity index (χ1n) is 9.19. The highest BCUT2D eigenvalue weighted by Crippen LogP contribution is 2.25. The van der Waals surface area contributed by atoms with E-state index < -0.39 is 0 Å². The molecule has 2 aromatic carbocycles. The van der Waals surface area contributed by atoms with Gasteiger partial charge in [0.05, 0.1) is 11.3 Å². The molecule has 8 heteroatoms. The van der Waals surface area contributed by atoms with Crippen LogP contribution in [-0.2, 0) is 11.8 Å². The van der Waals surface area contributed by atoms with Crippen molar-refractivity contribution in [3.8, 4) is 11.4 Å². The number of anilines is 1. The monoisotopic (exact) mass is 412 g/mol. The lowest BCUT2D eigenvalue weighted by molar-refractivity contribution is -0.116. The van der Waals surface area contributed by atoms with E-state index in [0.717, 1.165) is 6.42 Å². The van der Waals surface area contributed by atoms with Gasteiger partial charge in [-0.2, -0.15) is 0 Å². The minimum absolute atomic E-state index is 0.0462. The molecule has 1 aromatic heterocycles. The van der Waals surface area contributed by atoms with Gasteiger partial charge in [-0.25, -0.2) is 4.39 Å². The maximum absolute atomic E-state index is 14.0. The van der Waals surface area contributed by atoms with Crippen molar-refractivity contribution in [2.75, 3.05) is 11.1 Å². The fraction of sp³-hybridized carbons (Fsp3) is 0.238. The molecule has 0 aliphatic carbocycles. The Hall–Kier alpha value is -3.00. The normalized spacial score (nSPS) is 10.7. The number of hydrogen-bond acceptors (Lipinski definition) is 5. The van der Waals surface area contributed by atoms with Gasteiger partial charge in [-0.05, 0) is 42.8 Å². The Labute approximate surface area is 172 Å². The van der Waals surface area contributed by atoms with E-state index in [1.54, 1.807) is 54.1 Å². The molecule has 1 heterocycles. The Kier molecular flexibility index (Phi) is 6.77. The molecule has 0 saturated heterocycles. The Morgan fingerprint density at radius 3 is 2.52 bits per heavy atom. The number of thioether (sulfide) groups is 1. The number of halogens is 1. The van der Waals surface area contributed by atoms with Gasteiger partial charge in [0.25, 0.3) is 0 Å². The molecule has 1 amide bonds.